The molecular weight excluding hydrogens is 349 g/mol. The number of nitrogens with one attached hydrogen (secondary N) is 1. The maximum absolute atomic E-state index is 13.4. The average Bonchev–Trinajstić information content (AvgIpc) is 2.89. The van der Waals surface area contributed by atoms with Crippen LogP contribution in [0.2, 0.25) is 5.02 Å². The molecule has 0 atom stereocenters. The van der Waals surface area contributed by atoms with Crippen LogP contribution in [-0.4, -0.2) is 6.79 Å². The summed E-state index contributed by atoms with van der Waals surface area (Å²) in [7, 11) is 0. The lowest BCUT2D eigenvalue weighted by Crippen LogP contribution is -2.00. The Bertz CT molecular complexity index is 666. The monoisotopic (exact) mass is 357 g/mol. The van der Waals surface area contributed by atoms with Gasteiger partial charge in [-0.3, -0.25) is 0 Å². The van der Waals surface area contributed by atoms with Gasteiger partial charge in [-0.05, 0) is 51.8 Å². The molecule has 3 rings (SSSR count). The van der Waals surface area contributed by atoms with Crippen LogP contribution in [0.5, 0.6) is 11.5 Å². The molecule has 0 bridgehead atoms. The van der Waals surface area contributed by atoms with Crippen molar-refractivity contribution in [3.63, 3.8) is 0 Å². The largest absolute Gasteiger partial charge is 0.454 e. The van der Waals surface area contributed by atoms with Gasteiger partial charge in [0.1, 0.15) is 5.82 Å². The van der Waals surface area contributed by atoms with Crippen molar-refractivity contribution in [1.82, 2.24) is 0 Å². The molecule has 104 valence electrons. The third-order valence-electron chi connectivity index (χ3n) is 2.90. The second-order valence-electron chi connectivity index (χ2n) is 4.29. The average molecular weight is 359 g/mol. The summed E-state index contributed by atoms with van der Waals surface area (Å²) in [4.78, 5) is 0. The van der Waals surface area contributed by atoms with Gasteiger partial charge in [0.2, 0.25) is 6.79 Å². The molecule has 0 fully saturated rings. The van der Waals surface area contributed by atoms with E-state index in [1.807, 2.05) is 6.07 Å². The summed E-state index contributed by atoms with van der Waals surface area (Å²) in [5, 5.41) is 3.64. The molecule has 0 aliphatic carbocycles. The maximum Gasteiger partial charge on any atom is 0.231 e. The first-order valence-corrected chi connectivity index (χ1v) is 7.07. The fourth-order valence-corrected chi connectivity index (χ4v) is 2.47. The van der Waals surface area contributed by atoms with Crippen LogP contribution in [0.15, 0.2) is 34.8 Å². The number of ether oxygens (including phenoxy) is 2. The topological polar surface area (TPSA) is 30.5 Å². The van der Waals surface area contributed by atoms with Crippen LogP contribution in [0.4, 0.5) is 10.1 Å². The second-order valence-corrected chi connectivity index (χ2v) is 5.56. The zero-order valence-electron chi connectivity index (χ0n) is 10.3. The Morgan fingerprint density at radius 2 is 2.10 bits per heavy atom. The van der Waals surface area contributed by atoms with E-state index < -0.39 is 0 Å². The Hall–Kier alpha value is -1.46. The number of anilines is 1. The number of hydrogen-bond acceptors (Lipinski definition) is 3. The van der Waals surface area contributed by atoms with Crippen LogP contribution in [0.25, 0.3) is 0 Å². The van der Waals surface area contributed by atoms with Gasteiger partial charge in [-0.25, -0.2) is 4.39 Å². The Morgan fingerprint density at radius 1 is 1.25 bits per heavy atom. The summed E-state index contributed by atoms with van der Waals surface area (Å²) in [6.45, 7) is 0.696. The lowest BCUT2D eigenvalue weighted by molar-refractivity contribution is 0.174. The van der Waals surface area contributed by atoms with E-state index in [0.29, 0.717) is 33.2 Å². The quantitative estimate of drug-likeness (QED) is 0.871. The van der Waals surface area contributed by atoms with Crippen LogP contribution in [0.3, 0.4) is 0 Å². The number of fused-ring (bicyclic) bond motifs is 1. The predicted molar refractivity (Wildman–Crippen MR) is 79.0 cm³/mol. The van der Waals surface area contributed by atoms with Gasteiger partial charge < -0.3 is 14.8 Å². The Balaban J connectivity index is 1.75. The van der Waals surface area contributed by atoms with E-state index in [-0.39, 0.29) is 12.6 Å². The minimum absolute atomic E-state index is 0.184. The summed E-state index contributed by atoms with van der Waals surface area (Å²) < 4.78 is 24.4. The molecule has 2 aromatic rings. The third-order valence-corrected chi connectivity index (χ3v) is 3.83. The van der Waals surface area contributed by atoms with E-state index in [1.165, 1.54) is 6.07 Å². The van der Waals surface area contributed by atoms with Crippen molar-refractivity contribution in [3.8, 4) is 11.5 Å². The van der Waals surface area contributed by atoms with Crippen LogP contribution in [0.1, 0.15) is 5.56 Å². The number of hydrogen-bond donors (Lipinski definition) is 1. The molecule has 0 radical (unpaired) electrons. The summed E-state index contributed by atoms with van der Waals surface area (Å²) in [5.74, 6) is 0.903. The lowest BCUT2D eigenvalue weighted by Gasteiger charge is -2.09. The van der Waals surface area contributed by atoms with Crippen molar-refractivity contribution >= 4 is 33.2 Å². The highest BCUT2D eigenvalue weighted by Gasteiger charge is 2.18. The van der Waals surface area contributed by atoms with Crippen LogP contribution < -0.4 is 14.8 Å². The second kappa shape index (κ2) is 5.50. The summed E-state index contributed by atoms with van der Waals surface area (Å²) in [6, 6.07) is 8.54. The van der Waals surface area contributed by atoms with Gasteiger partial charge >= 0.3 is 0 Å². The van der Waals surface area contributed by atoms with Gasteiger partial charge in [0, 0.05) is 12.2 Å². The van der Waals surface area contributed by atoms with E-state index in [9.17, 15) is 4.39 Å². The number of benzene rings is 2. The minimum Gasteiger partial charge on any atom is -0.454 e. The SMILES string of the molecule is Fc1cc(NCc2cc(Cl)c3c(c2)OCO3)ccc1Br. The fraction of sp³-hybridized carbons (Fsp3) is 0.143. The number of rotatable bonds is 3. The minimum atomic E-state index is -0.307. The first-order chi connectivity index (χ1) is 9.63. The Morgan fingerprint density at radius 3 is 2.90 bits per heavy atom. The molecule has 1 heterocycles. The van der Waals surface area contributed by atoms with Gasteiger partial charge in [0.05, 0.1) is 9.50 Å². The molecule has 1 aliphatic heterocycles. The normalized spacial score (nSPS) is 12.6. The predicted octanol–water partition coefficient (Wildman–Crippen LogP) is 4.58. The zero-order valence-corrected chi connectivity index (χ0v) is 12.6. The summed E-state index contributed by atoms with van der Waals surface area (Å²) >= 11 is 9.22. The van der Waals surface area contributed by atoms with Crippen molar-refractivity contribution in [2.24, 2.45) is 0 Å². The van der Waals surface area contributed by atoms with Crippen LogP contribution in [0, 0.1) is 5.82 Å². The molecule has 0 saturated carbocycles. The molecule has 0 spiro atoms. The molecule has 0 aromatic heterocycles. The van der Waals surface area contributed by atoms with Gasteiger partial charge in [0.25, 0.3) is 0 Å². The highest BCUT2D eigenvalue weighted by Crippen LogP contribution is 2.39. The molecular formula is C14H10BrClFNO2. The first kappa shape index (κ1) is 13.5. The van der Waals surface area contributed by atoms with Crippen molar-refractivity contribution in [1.29, 1.82) is 0 Å². The van der Waals surface area contributed by atoms with Gasteiger partial charge in [0.15, 0.2) is 11.5 Å². The molecule has 3 nitrogen and oxygen atoms in total. The molecule has 6 heteroatoms. The smallest absolute Gasteiger partial charge is 0.231 e. The molecule has 0 amide bonds. The molecule has 20 heavy (non-hydrogen) atoms. The summed E-state index contributed by atoms with van der Waals surface area (Å²) in [6.07, 6.45) is 0. The maximum atomic E-state index is 13.4. The Kier molecular flexibility index (Phi) is 3.72. The van der Waals surface area contributed by atoms with Crippen molar-refractivity contribution in [3.05, 3.63) is 51.2 Å². The standard InChI is InChI=1S/C14H10BrClFNO2/c15-10-2-1-9(5-12(10)17)18-6-8-3-11(16)14-13(4-8)19-7-20-14/h1-5,18H,6-7H2. The highest BCUT2D eigenvalue weighted by atomic mass is 79.9. The Labute approximate surface area is 128 Å². The molecule has 1 aliphatic rings. The van der Waals surface area contributed by atoms with Gasteiger partial charge in [-0.15, -0.1) is 0 Å². The number of halogens is 3. The van der Waals surface area contributed by atoms with Crippen molar-refractivity contribution < 1.29 is 13.9 Å². The third kappa shape index (κ3) is 2.69. The fourth-order valence-electron chi connectivity index (χ4n) is 1.93. The van der Waals surface area contributed by atoms with Gasteiger partial charge in [-0.1, -0.05) is 11.6 Å². The van der Waals surface area contributed by atoms with Crippen LogP contribution in [-0.2, 0) is 6.54 Å². The van der Waals surface area contributed by atoms with E-state index >= 15 is 0 Å². The van der Waals surface area contributed by atoms with Gasteiger partial charge in [-0.2, -0.15) is 0 Å². The van der Waals surface area contributed by atoms with E-state index in [2.05, 4.69) is 21.2 Å². The molecule has 0 saturated heterocycles. The molecule has 0 unspecified atom stereocenters. The molecule has 2 aromatic carbocycles. The van der Waals surface area contributed by atoms with E-state index in [0.717, 1.165) is 5.56 Å². The van der Waals surface area contributed by atoms with Crippen molar-refractivity contribution in [2.45, 2.75) is 6.54 Å². The highest BCUT2D eigenvalue weighted by molar-refractivity contribution is 9.10. The molecule has 1 N–H and O–H groups in total. The first-order valence-electron chi connectivity index (χ1n) is 5.90. The van der Waals surface area contributed by atoms with Crippen LogP contribution >= 0.6 is 27.5 Å². The summed E-state index contributed by atoms with van der Waals surface area (Å²) in [5.41, 5.74) is 1.63. The van der Waals surface area contributed by atoms with E-state index in [1.54, 1.807) is 18.2 Å². The van der Waals surface area contributed by atoms with E-state index in [4.69, 9.17) is 21.1 Å². The lowest BCUT2D eigenvalue weighted by atomic mass is 10.2. The zero-order chi connectivity index (χ0) is 14.1. The van der Waals surface area contributed by atoms with Crippen molar-refractivity contribution in [2.75, 3.05) is 12.1 Å².